The minimum Gasteiger partial charge on any atom is -0.385 e. The van der Waals surface area contributed by atoms with Crippen molar-refractivity contribution in [2.75, 3.05) is 6.54 Å². The van der Waals surface area contributed by atoms with Gasteiger partial charge in [-0.2, -0.15) is 0 Å². The Morgan fingerprint density at radius 2 is 1.46 bits per heavy atom. The molecule has 0 aromatic rings. The van der Waals surface area contributed by atoms with E-state index >= 15 is 0 Å². The summed E-state index contributed by atoms with van der Waals surface area (Å²) in [6.07, 6.45) is 26.3. The molecule has 4 aliphatic rings. The zero-order valence-corrected chi connectivity index (χ0v) is 19.9. The average Bonchev–Trinajstić information content (AvgIpc) is 2.64. The third kappa shape index (κ3) is 5.77. The lowest BCUT2D eigenvalue weighted by Crippen LogP contribution is -2.45. The molecule has 2 N–H and O–H groups in total. The van der Waals surface area contributed by atoms with Crippen molar-refractivity contribution in [3.05, 3.63) is 23.4 Å². The third-order valence-corrected chi connectivity index (χ3v) is 8.95. The molecular weight excluding hydrogens is 455 g/mol. The quantitative estimate of drug-likeness (QED) is 0.338. The van der Waals surface area contributed by atoms with Crippen molar-refractivity contribution in [2.45, 2.75) is 112 Å². The second-order valence-electron chi connectivity index (χ2n) is 9.84. The molecule has 0 bridgehead atoms. The molecule has 1 saturated heterocycles. The van der Waals surface area contributed by atoms with Gasteiger partial charge in [0, 0.05) is 27.6 Å². The van der Waals surface area contributed by atoms with E-state index in [1.54, 1.807) is 11.3 Å². The molecule has 1 heterocycles. The zero-order chi connectivity index (χ0) is 19.2. The first kappa shape index (κ1) is 21.2. The predicted octanol–water partition coefficient (Wildman–Crippen LogP) is 6.66. The lowest BCUT2D eigenvalue weighted by atomic mass is 9.77. The maximum atomic E-state index is 4.10. The highest BCUT2D eigenvalue weighted by atomic mass is 127. The van der Waals surface area contributed by atoms with Crippen LogP contribution in [0, 0.1) is 11.8 Å². The molecule has 0 radical (unpaired) electrons. The monoisotopic (exact) mass is 496 g/mol. The van der Waals surface area contributed by atoms with Crippen molar-refractivity contribution in [1.82, 2.24) is 10.6 Å². The van der Waals surface area contributed by atoms with Crippen LogP contribution < -0.4 is 10.6 Å². The minimum atomic E-state index is 0.564. The van der Waals surface area contributed by atoms with Crippen LogP contribution in [0.2, 0.25) is 0 Å². The topological polar surface area (TPSA) is 24.1 Å². The molecule has 0 spiro atoms. The van der Waals surface area contributed by atoms with E-state index in [-0.39, 0.29) is 0 Å². The second-order valence-corrected chi connectivity index (χ2v) is 11.6. The van der Waals surface area contributed by atoms with E-state index in [0.29, 0.717) is 18.0 Å². The van der Waals surface area contributed by atoms with Gasteiger partial charge in [-0.05, 0) is 75.5 Å². The molecule has 3 heteroatoms. The van der Waals surface area contributed by atoms with E-state index in [2.05, 4.69) is 45.4 Å². The number of nitrogens with one attached hydrogen (secondary N) is 2. The molecule has 2 nitrogen and oxygen atoms in total. The summed E-state index contributed by atoms with van der Waals surface area (Å²) in [5.41, 5.74) is 3.26. The maximum absolute atomic E-state index is 4.10. The average molecular weight is 497 g/mol. The molecule has 28 heavy (non-hydrogen) atoms. The maximum Gasteiger partial charge on any atom is 0.0338 e. The summed E-state index contributed by atoms with van der Waals surface area (Å²) in [7, 11) is 0. The van der Waals surface area contributed by atoms with Gasteiger partial charge in [0.05, 0.1) is 0 Å². The van der Waals surface area contributed by atoms with Gasteiger partial charge in [0.15, 0.2) is 0 Å². The SMILES string of the molecule is I[C@H]1CC[C@@H](NC2=CC(C3CCCCCCC3)=CC3NCCCCCC23)CC1. The van der Waals surface area contributed by atoms with E-state index in [1.165, 1.54) is 103 Å². The van der Waals surface area contributed by atoms with Crippen molar-refractivity contribution in [3.8, 4) is 0 Å². The molecule has 1 aliphatic heterocycles. The molecule has 0 aromatic heterocycles. The van der Waals surface area contributed by atoms with Gasteiger partial charge in [-0.1, -0.05) is 73.6 Å². The van der Waals surface area contributed by atoms with Crippen LogP contribution in [-0.2, 0) is 0 Å². The normalized spacial score (nSPS) is 36.0. The van der Waals surface area contributed by atoms with E-state index in [1.807, 2.05) is 0 Å². The van der Waals surface area contributed by atoms with Crippen LogP contribution >= 0.6 is 22.6 Å². The van der Waals surface area contributed by atoms with Gasteiger partial charge in [-0.15, -0.1) is 0 Å². The molecule has 158 valence electrons. The van der Waals surface area contributed by atoms with Crippen LogP contribution in [0.1, 0.15) is 96.3 Å². The van der Waals surface area contributed by atoms with Gasteiger partial charge < -0.3 is 10.6 Å². The summed E-state index contributed by atoms with van der Waals surface area (Å²) in [5.74, 6) is 1.48. The molecule has 2 atom stereocenters. The van der Waals surface area contributed by atoms with Gasteiger partial charge in [0.25, 0.3) is 0 Å². The first-order valence-corrected chi connectivity index (χ1v) is 13.6. The number of allylic oxidation sites excluding steroid dienone is 2. The Balaban J connectivity index is 1.52. The minimum absolute atomic E-state index is 0.564. The van der Waals surface area contributed by atoms with Crippen LogP contribution in [0.4, 0.5) is 0 Å². The van der Waals surface area contributed by atoms with Crippen LogP contribution in [0.5, 0.6) is 0 Å². The van der Waals surface area contributed by atoms with E-state index in [0.717, 1.165) is 9.84 Å². The number of rotatable bonds is 3. The van der Waals surface area contributed by atoms with Crippen molar-refractivity contribution in [2.24, 2.45) is 11.8 Å². The van der Waals surface area contributed by atoms with Crippen molar-refractivity contribution in [1.29, 1.82) is 0 Å². The van der Waals surface area contributed by atoms with Crippen LogP contribution in [-0.4, -0.2) is 22.6 Å². The lowest BCUT2D eigenvalue weighted by molar-refractivity contribution is 0.328. The van der Waals surface area contributed by atoms with Crippen molar-refractivity contribution in [3.63, 3.8) is 0 Å². The summed E-state index contributed by atoms with van der Waals surface area (Å²) in [6, 6.07) is 1.27. The van der Waals surface area contributed by atoms with Gasteiger partial charge in [0.2, 0.25) is 0 Å². The number of alkyl halides is 1. The van der Waals surface area contributed by atoms with E-state index < -0.39 is 0 Å². The smallest absolute Gasteiger partial charge is 0.0338 e. The molecule has 0 aromatic carbocycles. The van der Waals surface area contributed by atoms with Gasteiger partial charge in [-0.3, -0.25) is 0 Å². The van der Waals surface area contributed by atoms with Crippen molar-refractivity contribution < 1.29 is 0 Å². The first-order valence-electron chi connectivity index (χ1n) is 12.4. The van der Waals surface area contributed by atoms with Crippen molar-refractivity contribution >= 4 is 22.6 Å². The van der Waals surface area contributed by atoms with Gasteiger partial charge in [-0.25, -0.2) is 0 Å². The molecule has 2 unspecified atom stereocenters. The van der Waals surface area contributed by atoms with Crippen LogP contribution in [0.25, 0.3) is 0 Å². The molecule has 0 amide bonds. The Kier molecular flexibility index (Phi) is 8.21. The molecule has 4 rings (SSSR count). The molecule has 2 saturated carbocycles. The van der Waals surface area contributed by atoms with Gasteiger partial charge >= 0.3 is 0 Å². The predicted molar refractivity (Wildman–Crippen MR) is 129 cm³/mol. The Bertz CT molecular complexity index is 539. The van der Waals surface area contributed by atoms with Crippen LogP contribution in [0.3, 0.4) is 0 Å². The Hall–Kier alpha value is -0.0300. The standard InChI is InChI=1S/C25H41IN2/c26-21-12-14-22(15-13-21)28-25-18-20(19-9-5-2-1-3-6-10-19)17-24-23(25)11-7-4-8-16-27-24/h17-19,21-24,27-28H,1-16H2/t21-,22+,23?,24?. The third-order valence-electron chi connectivity index (χ3n) is 7.70. The highest BCUT2D eigenvalue weighted by Crippen LogP contribution is 2.37. The second kappa shape index (κ2) is 10.8. The Morgan fingerprint density at radius 1 is 0.786 bits per heavy atom. The zero-order valence-electron chi connectivity index (χ0n) is 17.7. The largest absolute Gasteiger partial charge is 0.385 e. The summed E-state index contributed by atoms with van der Waals surface area (Å²) in [4.78, 5) is 0. The number of hydrogen-bond donors (Lipinski definition) is 2. The van der Waals surface area contributed by atoms with E-state index in [9.17, 15) is 0 Å². The summed E-state index contributed by atoms with van der Waals surface area (Å²) < 4.78 is 0.900. The fourth-order valence-corrected chi connectivity index (χ4v) is 6.67. The summed E-state index contributed by atoms with van der Waals surface area (Å²) in [6.45, 7) is 1.20. The lowest BCUT2D eigenvalue weighted by Gasteiger charge is -2.38. The Morgan fingerprint density at radius 3 is 2.25 bits per heavy atom. The summed E-state index contributed by atoms with van der Waals surface area (Å²) in [5, 5.41) is 8.04. The van der Waals surface area contributed by atoms with E-state index in [4.69, 9.17) is 0 Å². The fraction of sp³-hybridized carbons (Fsp3) is 0.840. The number of hydrogen-bond acceptors (Lipinski definition) is 2. The highest BCUT2D eigenvalue weighted by Gasteiger charge is 2.31. The molecule has 3 fully saturated rings. The number of fused-ring (bicyclic) bond motifs is 1. The first-order chi connectivity index (χ1) is 13.8. The van der Waals surface area contributed by atoms with Gasteiger partial charge in [0.1, 0.15) is 0 Å². The fourth-order valence-electron chi connectivity index (χ4n) is 5.95. The number of halogens is 1. The van der Waals surface area contributed by atoms with Crippen LogP contribution in [0.15, 0.2) is 23.4 Å². The summed E-state index contributed by atoms with van der Waals surface area (Å²) >= 11 is 2.65. The molecular formula is C25H41IN2. The highest BCUT2D eigenvalue weighted by molar-refractivity contribution is 14.1. The molecule has 3 aliphatic carbocycles. The Labute approximate surface area is 186 Å².